The predicted molar refractivity (Wildman–Crippen MR) is 37.6 cm³/mol. The van der Waals surface area contributed by atoms with Crippen LogP contribution < -0.4 is 0 Å². The maximum absolute atomic E-state index is 10.8. The van der Waals surface area contributed by atoms with Gasteiger partial charge in [0.15, 0.2) is 5.15 Å². The third kappa shape index (κ3) is 1.61. The number of hydrogen-bond acceptors (Lipinski definition) is 4. The van der Waals surface area contributed by atoms with Crippen molar-refractivity contribution in [3.05, 3.63) is 10.8 Å². The molecule has 0 aliphatic rings. The molecule has 0 amide bonds. The Labute approximate surface area is 71.9 Å². The molecule has 0 radical (unpaired) electrons. The number of carbonyl (C=O) groups excluding carboxylic acids is 1. The summed E-state index contributed by atoms with van der Waals surface area (Å²) in [6, 6.07) is 0. The summed E-state index contributed by atoms with van der Waals surface area (Å²) >= 11 is 10.7. The van der Waals surface area contributed by atoms with Crippen LogP contribution in [0.15, 0.2) is 0 Å². The summed E-state index contributed by atoms with van der Waals surface area (Å²) in [4.78, 5) is 10.8. The van der Waals surface area contributed by atoms with Crippen molar-refractivity contribution in [1.82, 2.24) is 14.5 Å². The van der Waals surface area contributed by atoms with Gasteiger partial charge < -0.3 is 4.74 Å². The molecule has 0 unspecified atom stereocenters. The van der Waals surface area contributed by atoms with E-state index in [0.717, 1.165) is 0 Å². The Kier molecular flexibility index (Phi) is 2.31. The van der Waals surface area contributed by atoms with Crippen LogP contribution in [0.4, 0.5) is 0 Å². The van der Waals surface area contributed by atoms with Crippen molar-refractivity contribution in [3.63, 3.8) is 0 Å². The van der Waals surface area contributed by atoms with Crippen LogP contribution in [0.5, 0.6) is 0 Å². The first-order valence-corrected chi connectivity index (χ1v) is 3.24. The molecule has 0 fully saturated rings. The van der Waals surface area contributed by atoms with E-state index in [2.05, 4.69) is 14.9 Å². The molecule has 0 aliphatic heterocycles. The first kappa shape index (κ1) is 8.29. The SMILES string of the molecule is COC(=O)c1nn(Cl)nc1Cl. The molecule has 5 nitrogen and oxygen atoms in total. The van der Waals surface area contributed by atoms with Crippen molar-refractivity contribution in [1.29, 1.82) is 0 Å². The molecule has 0 saturated heterocycles. The van der Waals surface area contributed by atoms with Crippen molar-refractivity contribution in [2.45, 2.75) is 0 Å². The second-order valence-corrected chi connectivity index (χ2v) is 2.23. The van der Waals surface area contributed by atoms with E-state index in [9.17, 15) is 4.79 Å². The molecule has 60 valence electrons. The number of carbonyl (C=O) groups is 1. The molecular formula is C4H3Cl2N3O2. The number of hydrogen-bond donors (Lipinski definition) is 0. The van der Waals surface area contributed by atoms with Crippen molar-refractivity contribution in [3.8, 4) is 0 Å². The van der Waals surface area contributed by atoms with Gasteiger partial charge in [-0.3, -0.25) is 0 Å². The van der Waals surface area contributed by atoms with Crippen LogP contribution in [0, 0.1) is 0 Å². The predicted octanol–water partition coefficient (Wildman–Crippen LogP) is 0.720. The van der Waals surface area contributed by atoms with Gasteiger partial charge in [0.25, 0.3) is 0 Å². The summed E-state index contributed by atoms with van der Waals surface area (Å²) in [5, 5.41) is 6.78. The van der Waals surface area contributed by atoms with Crippen LogP contribution in [0.3, 0.4) is 0 Å². The minimum atomic E-state index is -0.665. The Morgan fingerprint density at radius 1 is 1.64 bits per heavy atom. The minimum Gasteiger partial charge on any atom is -0.464 e. The zero-order valence-electron chi connectivity index (χ0n) is 5.41. The lowest BCUT2D eigenvalue weighted by molar-refractivity contribution is 0.0594. The van der Waals surface area contributed by atoms with E-state index in [1.165, 1.54) is 7.11 Å². The minimum absolute atomic E-state index is 0.0770. The van der Waals surface area contributed by atoms with Crippen LogP contribution in [-0.4, -0.2) is 27.6 Å². The van der Waals surface area contributed by atoms with Crippen LogP contribution >= 0.6 is 23.4 Å². The van der Waals surface area contributed by atoms with E-state index < -0.39 is 5.97 Å². The summed E-state index contributed by atoms with van der Waals surface area (Å²) in [6.07, 6.45) is 0. The number of methoxy groups -OCH3 is 1. The van der Waals surface area contributed by atoms with Gasteiger partial charge in [-0.15, -0.1) is 10.2 Å². The molecule has 0 aliphatic carbocycles. The molecule has 0 spiro atoms. The van der Waals surface area contributed by atoms with E-state index in [4.69, 9.17) is 23.4 Å². The van der Waals surface area contributed by atoms with E-state index in [0.29, 0.717) is 4.32 Å². The molecule has 0 aromatic carbocycles. The highest BCUT2D eigenvalue weighted by molar-refractivity contribution is 6.32. The van der Waals surface area contributed by atoms with Gasteiger partial charge in [-0.25, -0.2) is 4.79 Å². The van der Waals surface area contributed by atoms with Crippen LogP contribution in [0.2, 0.25) is 5.15 Å². The van der Waals surface area contributed by atoms with Crippen molar-refractivity contribution < 1.29 is 9.53 Å². The number of nitrogens with zero attached hydrogens (tertiary/aromatic N) is 3. The van der Waals surface area contributed by atoms with Crippen molar-refractivity contribution >= 4 is 29.3 Å². The monoisotopic (exact) mass is 195 g/mol. The number of ether oxygens (including phenoxy) is 1. The topological polar surface area (TPSA) is 57.0 Å². The second-order valence-electron chi connectivity index (χ2n) is 1.57. The molecule has 0 N–H and O–H groups in total. The highest BCUT2D eigenvalue weighted by Crippen LogP contribution is 2.10. The fraction of sp³-hybridized carbons (Fsp3) is 0.250. The zero-order chi connectivity index (χ0) is 8.43. The second kappa shape index (κ2) is 3.06. The highest BCUT2D eigenvalue weighted by atomic mass is 35.5. The van der Waals surface area contributed by atoms with E-state index in [-0.39, 0.29) is 10.8 Å². The van der Waals surface area contributed by atoms with Crippen molar-refractivity contribution in [2.75, 3.05) is 7.11 Å². The number of aromatic nitrogens is 3. The molecule has 0 atom stereocenters. The maximum atomic E-state index is 10.8. The Morgan fingerprint density at radius 3 is 2.64 bits per heavy atom. The fourth-order valence-electron chi connectivity index (χ4n) is 0.488. The van der Waals surface area contributed by atoms with Gasteiger partial charge in [-0.2, -0.15) is 0 Å². The lowest BCUT2D eigenvalue weighted by atomic mass is 10.5. The third-order valence-electron chi connectivity index (χ3n) is 0.927. The molecular weight excluding hydrogens is 193 g/mol. The van der Waals surface area contributed by atoms with E-state index in [1.54, 1.807) is 0 Å². The molecule has 1 aromatic rings. The summed E-state index contributed by atoms with van der Waals surface area (Å²) in [5.74, 6) is -0.665. The van der Waals surface area contributed by atoms with Crippen LogP contribution in [0.25, 0.3) is 0 Å². The van der Waals surface area contributed by atoms with Crippen LogP contribution in [-0.2, 0) is 4.74 Å². The molecule has 11 heavy (non-hydrogen) atoms. The highest BCUT2D eigenvalue weighted by Gasteiger charge is 2.16. The lowest BCUT2D eigenvalue weighted by Crippen LogP contribution is -2.02. The van der Waals surface area contributed by atoms with Crippen molar-refractivity contribution in [2.24, 2.45) is 0 Å². The summed E-state index contributed by atoms with van der Waals surface area (Å²) in [6.45, 7) is 0. The molecule has 7 heteroatoms. The summed E-state index contributed by atoms with van der Waals surface area (Å²) in [5.41, 5.74) is -0.0934. The molecule has 1 rings (SSSR count). The molecule has 0 saturated carbocycles. The lowest BCUT2D eigenvalue weighted by Gasteiger charge is -1.90. The average molecular weight is 196 g/mol. The van der Waals surface area contributed by atoms with Gasteiger partial charge in [-0.1, -0.05) is 15.9 Å². The quantitative estimate of drug-likeness (QED) is 0.621. The third-order valence-corrected chi connectivity index (χ3v) is 1.33. The Hall–Kier alpha value is -0.810. The van der Waals surface area contributed by atoms with Crippen LogP contribution in [0.1, 0.15) is 10.5 Å². The Morgan fingerprint density at radius 2 is 2.27 bits per heavy atom. The van der Waals surface area contributed by atoms with Gasteiger partial charge in [0.1, 0.15) is 0 Å². The Bertz CT molecular complexity index is 285. The number of esters is 1. The standard InChI is InChI=1S/C4H3Cl2N3O2/c1-11-4(10)2-3(5)8-9(6)7-2/h1H3. The summed E-state index contributed by atoms with van der Waals surface area (Å²) < 4.78 is 5.01. The first-order chi connectivity index (χ1) is 5.15. The summed E-state index contributed by atoms with van der Waals surface area (Å²) in [7, 11) is 1.21. The maximum Gasteiger partial charge on any atom is 0.361 e. The van der Waals surface area contributed by atoms with Gasteiger partial charge in [0.2, 0.25) is 5.69 Å². The van der Waals surface area contributed by atoms with Gasteiger partial charge in [0, 0.05) is 0 Å². The fourth-order valence-corrected chi connectivity index (χ4v) is 0.864. The number of rotatable bonds is 1. The smallest absolute Gasteiger partial charge is 0.361 e. The van der Waals surface area contributed by atoms with E-state index in [1.807, 2.05) is 0 Å². The molecule has 0 bridgehead atoms. The largest absolute Gasteiger partial charge is 0.464 e. The van der Waals surface area contributed by atoms with Gasteiger partial charge in [-0.05, 0) is 0 Å². The normalized spacial score (nSPS) is 9.73. The molecule has 1 heterocycles. The van der Waals surface area contributed by atoms with E-state index >= 15 is 0 Å². The average Bonchev–Trinajstić information content (AvgIpc) is 2.28. The first-order valence-electron chi connectivity index (χ1n) is 2.52. The molecule has 1 aromatic heterocycles. The zero-order valence-corrected chi connectivity index (χ0v) is 6.93. The Balaban J connectivity index is 3.03. The van der Waals surface area contributed by atoms with Gasteiger partial charge >= 0.3 is 5.97 Å². The van der Waals surface area contributed by atoms with Gasteiger partial charge in [0.05, 0.1) is 18.9 Å². The number of halogens is 2.